The summed E-state index contributed by atoms with van der Waals surface area (Å²) in [5, 5.41) is 7.26. The summed E-state index contributed by atoms with van der Waals surface area (Å²) in [7, 11) is 0. The number of halogens is 1. The summed E-state index contributed by atoms with van der Waals surface area (Å²) in [6.45, 7) is 4.96. The molecule has 1 amide bonds. The molecule has 1 aromatic carbocycles. The summed E-state index contributed by atoms with van der Waals surface area (Å²) in [4.78, 5) is 19.2. The normalized spacial score (nSPS) is 15.0. The zero-order chi connectivity index (χ0) is 19.3. The molecule has 3 heterocycles. The summed E-state index contributed by atoms with van der Waals surface area (Å²) in [5.41, 5.74) is 2.45. The van der Waals surface area contributed by atoms with Crippen LogP contribution in [0.1, 0.15) is 16.8 Å². The van der Waals surface area contributed by atoms with Crippen molar-refractivity contribution in [3.63, 3.8) is 0 Å². The van der Waals surface area contributed by atoms with E-state index in [-0.39, 0.29) is 11.7 Å². The van der Waals surface area contributed by atoms with Crippen molar-refractivity contribution in [3.8, 4) is 11.3 Å². The van der Waals surface area contributed by atoms with Crippen molar-refractivity contribution in [1.29, 1.82) is 0 Å². The Morgan fingerprint density at radius 1 is 1.18 bits per heavy atom. The fourth-order valence-corrected chi connectivity index (χ4v) is 3.32. The van der Waals surface area contributed by atoms with Crippen LogP contribution in [0.4, 0.5) is 4.39 Å². The zero-order valence-electron chi connectivity index (χ0n) is 15.5. The van der Waals surface area contributed by atoms with E-state index in [2.05, 4.69) is 20.3 Å². The average molecular weight is 383 g/mol. The Morgan fingerprint density at radius 2 is 1.96 bits per heavy atom. The van der Waals surface area contributed by atoms with Crippen LogP contribution in [0.3, 0.4) is 0 Å². The molecular formula is C20H22FN5O2. The molecule has 0 spiro atoms. The van der Waals surface area contributed by atoms with Gasteiger partial charge in [-0.05, 0) is 43.3 Å². The van der Waals surface area contributed by atoms with Crippen molar-refractivity contribution in [2.75, 3.05) is 39.4 Å². The van der Waals surface area contributed by atoms with Gasteiger partial charge in [-0.3, -0.25) is 9.69 Å². The van der Waals surface area contributed by atoms with Crippen LogP contribution < -0.4 is 5.32 Å². The molecule has 7 nitrogen and oxygen atoms in total. The number of carbonyl (C=O) groups is 1. The van der Waals surface area contributed by atoms with E-state index in [0.29, 0.717) is 17.8 Å². The van der Waals surface area contributed by atoms with Crippen LogP contribution in [-0.4, -0.2) is 64.8 Å². The molecule has 2 aromatic heterocycles. The molecule has 1 fully saturated rings. The Morgan fingerprint density at radius 3 is 2.75 bits per heavy atom. The average Bonchev–Trinajstić information content (AvgIpc) is 3.17. The Bertz CT molecular complexity index is 951. The van der Waals surface area contributed by atoms with Gasteiger partial charge < -0.3 is 10.1 Å². The van der Waals surface area contributed by atoms with Gasteiger partial charge in [0.2, 0.25) is 0 Å². The molecule has 0 atom stereocenters. The van der Waals surface area contributed by atoms with E-state index in [0.717, 1.165) is 50.5 Å². The van der Waals surface area contributed by atoms with Gasteiger partial charge in [0.05, 0.1) is 25.1 Å². The number of benzene rings is 1. The maximum atomic E-state index is 13.2. The number of nitrogens with zero attached hydrogens (tertiary/aromatic N) is 4. The third-order valence-electron chi connectivity index (χ3n) is 4.83. The van der Waals surface area contributed by atoms with Crippen LogP contribution in [0, 0.1) is 5.82 Å². The van der Waals surface area contributed by atoms with Gasteiger partial charge in [0, 0.05) is 31.4 Å². The van der Waals surface area contributed by atoms with Crippen LogP contribution in [0.2, 0.25) is 0 Å². The molecule has 1 aliphatic heterocycles. The van der Waals surface area contributed by atoms with Gasteiger partial charge in [0.15, 0.2) is 5.65 Å². The van der Waals surface area contributed by atoms with E-state index in [9.17, 15) is 9.18 Å². The number of morpholine rings is 1. The molecule has 3 aromatic rings. The molecule has 1 saturated heterocycles. The number of aromatic nitrogens is 3. The first-order chi connectivity index (χ1) is 13.7. The number of fused-ring (bicyclic) bond motifs is 1. The van der Waals surface area contributed by atoms with Crippen molar-refractivity contribution >= 4 is 11.6 Å². The largest absolute Gasteiger partial charge is 0.379 e. The van der Waals surface area contributed by atoms with Gasteiger partial charge in [-0.25, -0.2) is 13.9 Å². The van der Waals surface area contributed by atoms with E-state index in [1.165, 1.54) is 18.3 Å². The van der Waals surface area contributed by atoms with Gasteiger partial charge in [-0.2, -0.15) is 5.10 Å². The van der Waals surface area contributed by atoms with Gasteiger partial charge in [-0.15, -0.1) is 0 Å². The molecule has 1 aliphatic rings. The first kappa shape index (κ1) is 18.5. The molecule has 28 heavy (non-hydrogen) atoms. The molecule has 0 bridgehead atoms. The highest BCUT2D eigenvalue weighted by molar-refractivity contribution is 5.99. The predicted octanol–water partition coefficient (Wildman–Crippen LogP) is 1.99. The molecule has 146 valence electrons. The second-order valence-corrected chi connectivity index (χ2v) is 6.69. The third-order valence-corrected chi connectivity index (χ3v) is 4.83. The second kappa shape index (κ2) is 8.45. The Hall–Kier alpha value is -2.84. The van der Waals surface area contributed by atoms with E-state index >= 15 is 0 Å². The first-order valence-corrected chi connectivity index (χ1v) is 9.39. The highest BCUT2D eigenvalue weighted by Crippen LogP contribution is 2.21. The molecule has 0 saturated carbocycles. The van der Waals surface area contributed by atoms with Crippen molar-refractivity contribution in [2.45, 2.75) is 6.42 Å². The van der Waals surface area contributed by atoms with E-state index in [1.807, 2.05) is 0 Å². The van der Waals surface area contributed by atoms with Gasteiger partial charge in [0.1, 0.15) is 11.4 Å². The fourth-order valence-electron chi connectivity index (χ4n) is 3.32. The number of nitrogens with one attached hydrogen (secondary N) is 1. The highest BCUT2D eigenvalue weighted by Gasteiger charge is 2.16. The smallest absolute Gasteiger partial charge is 0.256 e. The van der Waals surface area contributed by atoms with E-state index in [4.69, 9.17) is 4.74 Å². The maximum absolute atomic E-state index is 13.2. The number of amides is 1. The van der Waals surface area contributed by atoms with E-state index < -0.39 is 0 Å². The highest BCUT2D eigenvalue weighted by atomic mass is 19.1. The lowest BCUT2D eigenvalue weighted by Gasteiger charge is -2.26. The molecule has 0 aliphatic carbocycles. The Labute approximate surface area is 162 Å². The SMILES string of the molecule is O=C(NCCCN1CCOCC1)c1cnn2c(-c3ccc(F)cc3)ccnc12. The third kappa shape index (κ3) is 4.02. The summed E-state index contributed by atoms with van der Waals surface area (Å²) in [6.07, 6.45) is 4.02. The van der Waals surface area contributed by atoms with Crippen LogP contribution in [0.15, 0.2) is 42.7 Å². The standard InChI is InChI=1S/C20H22FN5O2/c21-16-4-2-15(3-5-16)18-6-8-22-19-17(14-24-26(18)19)20(27)23-7-1-9-25-10-12-28-13-11-25/h2-6,8,14H,1,7,9-13H2,(H,23,27). The number of hydrogen-bond donors (Lipinski definition) is 1. The van der Waals surface area contributed by atoms with Crippen molar-refractivity contribution in [1.82, 2.24) is 24.8 Å². The van der Waals surface area contributed by atoms with Crippen molar-refractivity contribution < 1.29 is 13.9 Å². The summed E-state index contributed by atoms with van der Waals surface area (Å²) in [6, 6.07) is 7.94. The van der Waals surface area contributed by atoms with Crippen LogP contribution in [-0.2, 0) is 4.74 Å². The Balaban J connectivity index is 1.43. The molecular weight excluding hydrogens is 361 g/mol. The lowest BCUT2D eigenvalue weighted by atomic mass is 10.1. The maximum Gasteiger partial charge on any atom is 0.256 e. The number of hydrogen-bond acceptors (Lipinski definition) is 5. The summed E-state index contributed by atoms with van der Waals surface area (Å²) >= 11 is 0. The monoisotopic (exact) mass is 383 g/mol. The topological polar surface area (TPSA) is 71.8 Å². The van der Waals surface area contributed by atoms with Gasteiger partial charge >= 0.3 is 0 Å². The minimum Gasteiger partial charge on any atom is -0.379 e. The summed E-state index contributed by atoms with van der Waals surface area (Å²) in [5.74, 6) is -0.493. The van der Waals surface area contributed by atoms with E-state index in [1.54, 1.807) is 28.9 Å². The summed E-state index contributed by atoms with van der Waals surface area (Å²) < 4.78 is 20.1. The number of rotatable bonds is 6. The minimum atomic E-state index is -0.299. The van der Waals surface area contributed by atoms with Crippen LogP contribution in [0.5, 0.6) is 0 Å². The Kier molecular flexibility index (Phi) is 5.59. The van der Waals surface area contributed by atoms with Gasteiger partial charge in [-0.1, -0.05) is 0 Å². The fraction of sp³-hybridized carbons (Fsp3) is 0.350. The second-order valence-electron chi connectivity index (χ2n) is 6.69. The molecule has 0 unspecified atom stereocenters. The van der Waals surface area contributed by atoms with Gasteiger partial charge in [0.25, 0.3) is 5.91 Å². The lowest BCUT2D eigenvalue weighted by molar-refractivity contribution is 0.0374. The molecule has 8 heteroatoms. The molecule has 1 N–H and O–H groups in total. The number of ether oxygens (including phenoxy) is 1. The van der Waals surface area contributed by atoms with Crippen LogP contribution in [0.25, 0.3) is 16.9 Å². The zero-order valence-corrected chi connectivity index (χ0v) is 15.5. The predicted molar refractivity (Wildman–Crippen MR) is 103 cm³/mol. The molecule has 4 rings (SSSR count). The van der Waals surface area contributed by atoms with Crippen LogP contribution >= 0.6 is 0 Å². The number of carbonyl (C=O) groups excluding carboxylic acids is 1. The van der Waals surface area contributed by atoms with Crippen molar-refractivity contribution in [3.05, 3.63) is 54.1 Å². The minimum absolute atomic E-state index is 0.194. The molecule has 0 radical (unpaired) electrons. The first-order valence-electron chi connectivity index (χ1n) is 9.39. The quantitative estimate of drug-likeness (QED) is 0.659. The van der Waals surface area contributed by atoms with Crippen molar-refractivity contribution in [2.24, 2.45) is 0 Å². The lowest BCUT2D eigenvalue weighted by Crippen LogP contribution is -2.38.